The molecule has 1 aliphatic rings. The second-order valence-corrected chi connectivity index (χ2v) is 9.28. The molecular formula is C24H24FN9O2. The van der Waals surface area contributed by atoms with Gasteiger partial charge in [0.05, 0.1) is 65.0 Å². The number of amides is 1. The highest BCUT2D eigenvalue weighted by atomic mass is 19.1. The van der Waals surface area contributed by atoms with E-state index in [-0.39, 0.29) is 12.1 Å². The van der Waals surface area contributed by atoms with E-state index in [4.69, 9.17) is 5.26 Å². The number of nitrogens with zero attached hydrogens (tertiary/aromatic N) is 7. The largest absolute Gasteiger partial charge is 0.387 e. The molecule has 0 bridgehead atoms. The monoisotopic (exact) mass is 489 g/mol. The average Bonchev–Trinajstić information content (AvgIpc) is 3.46. The van der Waals surface area contributed by atoms with E-state index in [1.54, 1.807) is 29.0 Å². The van der Waals surface area contributed by atoms with E-state index < -0.39 is 17.7 Å². The van der Waals surface area contributed by atoms with Crippen LogP contribution in [0.1, 0.15) is 48.7 Å². The van der Waals surface area contributed by atoms with Gasteiger partial charge in [-0.05, 0) is 32.8 Å². The van der Waals surface area contributed by atoms with E-state index in [1.807, 2.05) is 16.9 Å². The van der Waals surface area contributed by atoms with E-state index >= 15 is 0 Å². The summed E-state index contributed by atoms with van der Waals surface area (Å²) in [7, 11) is 0. The summed E-state index contributed by atoms with van der Waals surface area (Å²) >= 11 is 0. The first kappa shape index (κ1) is 23.4. The topological polar surface area (TPSA) is 146 Å². The normalized spacial score (nSPS) is 14.4. The van der Waals surface area contributed by atoms with Crippen LogP contribution in [0.5, 0.6) is 0 Å². The Kier molecular flexibility index (Phi) is 5.85. The van der Waals surface area contributed by atoms with Gasteiger partial charge < -0.3 is 15.7 Å². The van der Waals surface area contributed by atoms with Crippen LogP contribution in [-0.4, -0.2) is 58.7 Å². The van der Waals surface area contributed by atoms with Crippen LogP contribution in [0.15, 0.2) is 43.1 Å². The smallest absolute Gasteiger partial charge is 0.255 e. The van der Waals surface area contributed by atoms with Crippen LogP contribution in [0.4, 0.5) is 15.8 Å². The van der Waals surface area contributed by atoms with Gasteiger partial charge in [-0.1, -0.05) is 0 Å². The summed E-state index contributed by atoms with van der Waals surface area (Å²) in [5.74, 6) is -0.548. The van der Waals surface area contributed by atoms with Gasteiger partial charge in [0.15, 0.2) is 5.65 Å². The van der Waals surface area contributed by atoms with Gasteiger partial charge in [-0.15, -0.1) is 0 Å². The Labute approximate surface area is 205 Å². The number of aliphatic hydroxyl groups is 1. The van der Waals surface area contributed by atoms with Gasteiger partial charge in [-0.25, -0.2) is 13.9 Å². The van der Waals surface area contributed by atoms with Crippen LogP contribution in [0, 0.1) is 11.3 Å². The van der Waals surface area contributed by atoms with Gasteiger partial charge in [-0.2, -0.15) is 15.5 Å². The molecule has 5 rings (SSSR count). The number of anilines is 2. The molecule has 0 saturated heterocycles. The molecule has 1 unspecified atom stereocenters. The Hall–Kier alpha value is -4.37. The summed E-state index contributed by atoms with van der Waals surface area (Å²) in [6, 6.07) is 5.71. The van der Waals surface area contributed by atoms with Crippen LogP contribution >= 0.6 is 0 Å². The number of imidazole rings is 1. The number of aromatic nitrogens is 6. The number of nitriles is 1. The lowest BCUT2D eigenvalue weighted by Crippen LogP contribution is -2.42. The summed E-state index contributed by atoms with van der Waals surface area (Å²) in [6.45, 7) is 2.32. The van der Waals surface area contributed by atoms with E-state index in [2.05, 4.69) is 30.8 Å². The van der Waals surface area contributed by atoms with Crippen molar-refractivity contribution >= 4 is 22.9 Å². The zero-order valence-corrected chi connectivity index (χ0v) is 19.7. The zero-order valence-electron chi connectivity index (χ0n) is 19.7. The van der Waals surface area contributed by atoms with Crippen molar-refractivity contribution in [3.05, 3.63) is 54.2 Å². The third-order valence-electron chi connectivity index (χ3n) is 5.91. The van der Waals surface area contributed by atoms with Crippen LogP contribution in [0.3, 0.4) is 0 Å². The van der Waals surface area contributed by atoms with Gasteiger partial charge >= 0.3 is 0 Å². The Morgan fingerprint density at radius 2 is 2.06 bits per heavy atom. The first-order chi connectivity index (χ1) is 17.2. The lowest BCUT2D eigenvalue weighted by atomic mass is 10.0. The van der Waals surface area contributed by atoms with Crippen LogP contribution in [-0.2, 0) is 0 Å². The zero-order chi connectivity index (χ0) is 25.4. The third-order valence-corrected chi connectivity index (χ3v) is 5.91. The number of carbonyl (C=O) groups excluding carboxylic acids is 1. The Balaban J connectivity index is 1.48. The summed E-state index contributed by atoms with van der Waals surface area (Å²) in [5, 5.41) is 33.4. The van der Waals surface area contributed by atoms with Gasteiger partial charge in [-0.3, -0.25) is 14.5 Å². The number of rotatable bonds is 8. The lowest BCUT2D eigenvalue weighted by Gasteiger charge is -2.22. The maximum absolute atomic E-state index is 14.2. The van der Waals surface area contributed by atoms with Crippen LogP contribution in [0.2, 0.25) is 0 Å². The average molecular weight is 490 g/mol. The highest BCUT2D eigenvalue weighted by molar-refractivity contribution is 6.00. The highest BCUT2D eigenvalue weighted by Crippen LogP contribution is 2.35. The van der Waals surface area contributed by atoms with Crippen molar-refractivity contribution in [1.29, 1.82) is 5.26 Å². The van der Waals surface area contributed by atoms with E-state index in [0.29, 0.717) is 40.0 Å². The first-order valence-corrected chi connectivity index (χ1v) is 11.4. The molecule has 36 heavy (non-hydrogen) atoms. The number of halogens is 1. The van der Waals surface area contributed by atoms with Crippen LogP contribution < -0.4 is 10.6 Å². The fraction of sp³-hybridized carbons (Fsp3) is 0.333. The Morgan fingerprint density at radius 3 is 2.78 bits per heavy atom. The Morgan fingerprint density at radius 1 is 1.25 bits per heavy atom. The number of carbonyl (C=O) groups is 1. The number of nitrogens with one attached hydrogen (secondary N) is 2. The summed E-state index contributed by atoms with van der Waals surface area (Å²) in [5.41, 5.74) is 1.61. The number of alkyl halides is 1. The number of pyridine rings is 1. The van der Waals surface area contributed by atoms with Crippen molar-refractivity contribution in [3.8, 4) is 17.5 Å². The molecule has 1 atom stereocenters. The molecule has 1 saturated carbocycles. The van der Waals surface area contributed by atoms with Crippen molar-refractivity contribution in [2.24, 2.45) is 0 Å². The highest BCUT2D eigenvalue weighted by Gasteiger charge is 2.28. The second kappa shape index (κ2) is 9.01. The SMILES string of the molecule is CC(C)(O)C(F)CNC(=O)c1cnc(-c2cnc3cc(C#N)cnn23)cc1Nc1cnn(C2CC2)c1. The molecule has 1 aliphatic carbocycles. The lowest BCUT2D eigenvalue weighted by molar-refractivity contribution is -0.00177. The van der Waals surface area contributed by atoms with Crippen molar-refractivity contribution in [1.82, 2.24) is 34.7 Å². The van der Waals surface area contributed by atoms with Gasteiger partial charge in [0, 0.05) is 18.5 Å². The number of hydrogen-bond acceptors (Lipinski definition) is 8. The second-order valence-electron chi connectivity index (χ2n) is 9.28. The molecule has 4 heterocycles. The predicted molar refractivity (Wildman–Crippen MR) is 128 cm³/mol. The van der Waals surface area contributed by atoms with Crippen molar-refractivity contribution in [2.45, 2.75) is 44.5 Å². The molecule has 3 N–H and O–H groups in total. The maximum atomic E-state index is 14.2. The third kappa shape index (κ3) is 4.73. The standard InChI is InChI=1S/C24H24FN9O2/c1-24(2,36)21(25)12-29-23(35)17-10-27-19(20-11-28-22-5-14(7-26)8-31-34(20)22)6-18(17)32-15-9-30-33(13-15)16-3-4-16/h5-6,8-11,13,16,21,36H,3-4,12H2,1-2H3,(H,27,32)(H,29,35). The molecule has 4 aromatic rings. The molecule has 0 aliphatic heterocycles. The molecule has 0 aromatic carbocycles. The summed E-state index contributed by atoms with van der Waals surface area (Å²) in [4.78, 5) is 21.7. The molecule has 1 amide bonds. The minimum atomic E-state index is -1.65. The molecule has 1 fully saturated rings. The molecule has 12 heteroatoms. The van der Waals surface area contributed by atoms with E-state index in [9.17, 15) is 14.3 Å². The number of hydrogen-bond donors (Lipinski definition) is 3. The number of fused-ring (bicyclic) bond motifs is 1. The predicted octanol–water partition coefficient (Wildman–Crippen LogP) is 2.78. The fourth-order valence-electron chi connectivity index (χ4n) is 3.62. The van der Waals surface area contributed by atoms with Gasteiger partial charge in [0.2, 0.25) is 0 Å². The molecule has 184 valence electrons. The molecule has 0 radical (unpaired) electrons. The molecule has 0 spiro atoms. The minimum Gasteiger partial charge on any atom is -0.387 e. The summed E-state index contributed by atoms with van der Waals surface area (Å²) in [6.07, 6.45) is 8.45. The van der Waals surface area contributed by atoms with Gasteiger partial charge in [0.25, 0.3) is 5.91 Å². The van der Waals surface area contributed by atoms with E-state index in [0.717, 1.165) is 12.8 Å². The summed E-state index contributed by atoms with van der Waals surface area (Å²) < 4.78 is 17.7. The molecule has 11 nitrogen and oxygen atoms in total. The van der Waals surface area contributed by atoms with Crippen molar-refractivity contribution in [3.63, 3.8) is 0 Å². The van der Waals surface area contributed by atoms with Crippen molar-refractivity contribution in [2.75, 3.05) is 11.9 Å². The first-order valence-electron chi connectivity index (χ1n) is 11.4. The maximum Gasteiger partial charge on any atom is 0.255 e. The molecule has 4 aromatic heterocycles. The Bertz CT molecular complexity index is 1480. The van der Waals surface area contributed by atoms with Gasteiger partial charge in [0.1, 0.15) is 17.9 Å². The fourth-order valence-corrected chi connectivity index (χ4v) is 3.62. The molecular weight excluding hydrogens is 465 g/mol. The minimum absolute atomic E-state index is 0.189. The van der Waals surface area contributed by atoms with Crippen LogP contribution in [0.25, 0.3) is 17.0 Å². The van der Waals surface area contributed by atoms with E-state index in [1.165, 1.54) is 26.2 Å². The van der Waals surface area contributed by atoms with Crippen molar-refractivity contribution < 1.29 is 14.3 Å². The quantitative estimate of drug-likeness (QED) is 0.342.